The average molecular weight is 791 g/mol. The summed E-state index contributed by atoms with van der Waals surface area (Å²) in [5.74, 6) is 0. The van der Waals surface area contributed by atoms with E-state index in [4.69, 9.17) is 0 Å². The first-order valence-electron chi connectivity index (χ1n) is 21.3. The molecule has 0 aliphatic heterocycles. The third-order valence-electron chi connectivity index (χ3n) is 12.0. The molecule has 0 radical (unpaired) electrons. The Morgan fingerprint density at radius 2 is 0.694 bits per heavy atom. The average Bonchev–Trinajstić information content (AvgIpc) is 3.70. The van der Waals surface area contributed by atoms with Gasteiger partial charge in [0.1, 0.15) is 0 Å². The van der Waals surface area contributed by atoms with Gasteiger partial charge in [-0.15, -0.1) is 0 Å². The van der Waals surface area contributed by atoms with E-state index in [-0.39, 0.29) is 0 Å². The molecule has 0 aliphatic carbocycles. The fourth-order valence-electron chi connectivity index (χ4n) is 9.24. The van der Waals surface area contributed by atoms with Crippen molar-refractivity contribution in [3.05, 3.63) is 255 Å². The van der Waals surface area contributed by atoms with Crippen LogP contribution in [0, 0.1) is 0 Å². The van der Waals surface area contributed by atoms with E-state index >= 15 is 0 Å². The van der Waals surface area contributed by atoms with Gasteiger partial charge in [0.25, 0.3) is 0 Å². The van der Waals surface area contributed by atoms with E-state index < -0.39 is 0 Å². The maximum atomic E-state index is 2.52. The zero-order chi connectivity index (χ0) is 41.2. The van der Waals surface area contributed by atoms with Gasteiger partial charge in [0.2, 0.25) is 0 Å². The van der Waals surface area contributed by atoms with Gasteiger partial charge in [-0.3, -0.25) is 0 Å². The molecule has 0 unspecified atom stereocenters. The Labute approximate surface area is 362 Å². The van der Waals surface area contributed by atoms with Crippen LogP contribution in [0.25, 0.3) is 83.1 Å². The Balaban J connectivity index is 1.20. The summed E-state index contributed by atoms with van der Waals surface area (Å²) in [6, 6.07) is 92.1. The number of rotatable bonds is 9. The van der Waals surface area contributed by atoms with Crippen LogP contribution >= 0.6 is 0 Å². The van der Waals surface area contributed by atoms with E-state index in [1.165, 1.54) is 49.7 Å². The minimum atomic E-state index is 1.10. The standard InChI is InChI=1S/C60H42N2/c1-5-21-43(22-6-1)44-39-41-47(42-40-44)50-30-14-16-33-53(50)61-55-35-18-15-31-52(55)60-57(61)37-20-38-58(60)62(54-34-17-13-29-49(54)45-23-7-2-8-24-45)56-36-19-32-51(46-25-9-3-10-26-46)59(56)48-27-11-4-12-28-48/h1-42H. The third kappa shape index (κ3) is 6.56. The zero-order valence-electron chi connectivity index (χ0n) is 34.1. The van der Waals surface area contributed by atoms with Gasteiger partial charge < -0.3 is 9.47 Å². The second-order valence-corrected chi connectivity index (χ2v) is 15.6. The van der Waals surface area contributed by atoms with Gasteiger partial charge in [-0.05, 0) is 75.3 Å². The van der Waals surface area contributed by atoms with E-state index in [0.717, 1.165) is 50.5 Å². The van der Waals surface area contributed by atoms with Gasteiger partial charge >= 0.3 is 0 Å². The molecule has 0 saturated heterocycles. The molecule has 0 bridgehead atoms. The van der Waals surface area contributed by atoms with E-state index in [2.05, 4.69) is 264 Å². The highest BCUT2D eigenvalue weighted by Gasteiger charge is 2.26. The highest BCUT2D eigenvalue weighted by atomic mass is 15.2. The van der Waals surface area contributed by atoms with E-state index in [0.29, 0.717) is 0 Å². The molecular weight excluding hydrogens is 749 g/mol. The SMILES string of the molecule is c1ccc(-c2ccc(-c3ccccc3-n3c4ccccc4c4c(N(c5ccccc5-c5ccccc5)c5cccc(-c6ccccc6)c5-c5ccccc5)cccc43)cc2)cc1. The largest absolute Gasteiger partial charge is 0.309 e. The lowest BCUT2D eigenvalue weighted by molar-refractivity contribution is 1.18. The topological polar surface area (TPSA) is 8.17 Å². The summed E-state index contributed by atoms with van der Waals surface area (Å²) in [7, 11) is 0. The fraction of sp³-hybridized carbons (Fsp3) is 0. The van der Waals surface area contributed by atoms with Gasteiger partial charge in [-0.2, -0.15) is 0 Å². The maximum Gasteiger partial charge on any atom is 0.0562 e. The molecule has 0 N–H and O–H groups in total. The van der Waals surface area contributed by atoms with Crippen molar-refractivity contribution < 1.29 is 0 Å². The number of para-hydroxylation sites is 3. The molecule has 11 aromatic rings. The van der Waals surface area contributed by atoms with E-state index in [1.807, 2.05) is 0 Å². The molecule has 0 fully saturated rings. The summed E-state index contributed by atoms with van der Waals surface area (Å²) in [5.41, 5.74) is 18.5. The molecule has 1 heterocycles. The Morgan fingerprint density at radius 3 is 1.40 bits per heavy atom. The van der Waals surface area contributed by atoms with Crippen LogP contribution in [-0.4, -0.2) is 4.57 Å². The lowest BCUT2D eigenvalue weighted by Crippen LogP contribution is -2.13. The molecule has 11 rings (SSSR count). The molecule has 62 heavy (non-hydrogen) atoms. The highest BCUT2D eigenvalue weighted by molar-refractivity contribution is 6.18. The zero-order valence-corrected chi connectivity index (χ0v) is 34.1. The quantitative estimate of drug-likeness (QED) is 0.141. The Morgan fingerprint density at radius 1 is 0.258 bits per heavy atom. The van der Waals surface area contributed by atoms with Crippen LogP contribution in [0.2, 0.25) is 0 Å². The van der Waals surface area contributed by atoms with Crippen molar-refractivity contribution >= 4 is 38.9 Å². The first-order valence-corrected chi connectivity index (χ1v) is 21.3. The molecule has 0 spiro atoms. The van der Waals surface area contributed by atoms with Gasteiger partial charge in [-0.25, -0.2) is 0 Å². The van der Waals surface area contributed by atoms with Crippen LogP contribution in [0.1, 0.15) is 0 Å². The Bertz CT molecular complexity index is 3310. The number of fused-ring (bicyclic) bond motifs is 3. The summed E-state index contributed by atoms with van der Waals surface area (Å²) in [6.45, 7) is 0. The summed E-state index contributed by atoms with van der Waals surface area (Å²) in [5, 5.41) is 2.37. The molecule has 292 valence electrons. The van der Waals surface area contributed by atoms with Crippen molar-refractivity contribution in [2.24, 2.45) is 0 Å². The first kappa shape index (κ1) is 36.8. The van der Waals surface area contributed by atoms with Crippen LogP contribution in [-0.2, 0) is 0 Å². The van der Waals surface area contributed by atoms with Crippen LogP contribution in [0.3, 0.4) is 0 Å². The van der Waals surface area contributed by atoms with E-state index in [9.17, 15) is 0 Å². The smallest absolute Gasteiger partial charge is 0.0562 e. The number of benzene rings is 10. The van der Waals surface area contributed by atoms with Crippen molar-refractivity contribution in [2.45, 2.75) is 0 Å². The second-order valence-electron chi connectivity index (χ2n) is 15.6. The number of anilines is 3. The molecule has 2 nitrogen and oxygen atoms in total. The molecule has 0 atom stereocenters. The molecule has 10 aromatic carbocycles. The summed E-state index contributed by atoms with van der Waals surface area (Å²) < 4.78 is 2.47. The van der Waals surface area contributed by atoms with Gasteiger partial charge in [0.05, 0.1) is 33.8 Å². The molecule has 2 heteroatoms. The monoisotopic (exact) mass is 790 g/mol. The van der Waals surface area contributed by atoms with Gasteiger partial charge in [0, 0.05) is 27.5 Å². The minimum Gasteiger partial charge on any atom is -0.309 e. The lowest BCUT2D eigenvalue weighted by atomic mass is 9.91. The first-order chi connectivity index (χ1) is 30.8. The van der Waals surface area contributed by atoms with Crippen molar-refractivity contribution in [3.63, 3.8) is 0 Å². The Kier molecular flexibility index (Phi) is 9.57. The van der Waals surface area contributed by atoms with Crippen LogP contribution in [0.4, 0.5) is 17.1 Å². The minimum absolute atomic E-state index is 1.10. The number of hydrogen-bond donors (Lipinski definition) is 0. The fourth-order valence-corrected chi connectivity index (χ4v) is 9.24. The number of aromatic nitrogens is 1. The molecule has 1 aromatic heterocycles. The molecule has 0 amide bonds. The summed E-state index contributed by atoms with van der Waals surface area (Å²) >= 11 is 0. The molecule has 0 saturated carbocycles. The van der Waals surface area contributed by atoms with Crippen molar-refractivity contribution in [3.8, 4) is 61.3 Å². The van der Waals surface area contributed by atoms with Crippen molar-refractivity contribution in [1.82, 2.24) is 4.57 Å². The summed E-state index contributed by atoms with van der Waals surface area (Å²) in [4.78, 5) is 2.52. The van der Waals surface area contributed by atoms with E-state index in [1.54, 1.807) is 0 Å². The van der Waals surface area contributed by atoms with Gasteiger partial charge in [-0.1, -0.05) is 218 Å². The van der Waals surface area contributed by atoms with Crippen LogP contribution in [0.5, 0.6) is 0 Å². The third-order valence-corrected chi connectivity index (χ3v) is 12.0. The summed E-state index contributed by atoms with van der Waals surface area (Å²) in [6.07, 6.45) is 0. The second kappa shape index (κ2) is 16.1. The molecule has 0 aliphatic rings. The van der Waals surface area contributed by atoms with Crippen molar-refractivity contribution in [1.29, 1.82) is 0 Å². The maximum absolute atomic E-state index is 2.52. The normalized spacial score (nSPS) is 11.2. The predicted molar refractivity (Wildman–Crippen MR) is 263 cm³/mol. The predicted octanol–water partition coefficient (Wildman–Crippen LogP) is 16.6. The van der Waals surface area contributed by atoms with Gasteiger partial charge in [0.15, 0.2) is 0 Å². The van der Waals surface area contributed by atoms with Crippen LogP contribution in [0.15, 0.2) is 255 Å². The number of hydrogen-bond acceptors (Lipinski definition) is 1. The van der Waals surface area contributed by atoms with Crippen molar-refractivity contribution in [2.75, 3.05) is 4.90 Å². The lowest BCUT2D eigenvalue weighted by Gasteiger charge is -2.31. The Hall–Kier alpha value is -8.20. The molecular formula is C60H42N2. The highest BCUT2D eigenvalue weighted by Crippen LogP contribution is 2.51. The van der Waals surface area contributed by atoms with Crippen LogP contribution < -0.4 is 4.90 Å². The number of nitrogens with zero attached hydrogens (tertiary/aromatic N) is 2.